The molecule has 0 radical (unpaired) electrons. The lowest BCUT2D eigenvalue weighted by molar-refractivity contribution is 0.0696. The number of piperidine rings is 1. The van der Waals surface area contributed by atoms with E-state index < -0.39 is 5.97 Å². The molecule has 11 heteroatoms. The number of carboxylic acids is 1. The molecule has 0 spiro atoms. The maximum Gasteiger partial charge on any atom is 0.338 e. The maximum absolute atomic E-state index is 12.6. The Morgan fingerprint density at radius 3 is 2.74 bits per heavy atom. The standard InChI is InChI=1S/C16H22BrN5.C11H9FN2O2/c17-12-7-20-16-14(13(18)8-21-16)15(12)22-5-1-2-11(9-22)19-6-10-3-4-10;12-10-3-1-8(2-4-10)6-14-7-9(5-13-14)11(15)16/h7-8,10-11,19H,1-6,9,18H2,(H,20,21);1-5,7H,6H2,(H,15,16)/t11-;/m1./s1. The predicted octanol–water partition coefficient (Wildman–Crippen LogP) is 4.64. The van der Waals surface area contributed by atoms with Crippen molar-refractivity contribution in [1.82, 2.24) is 25.1 Å². The van der Waals surface area contributed by atoms with Gasteiger partial charge < -0.3 is 26.0 Å². The Hall–Kier alpha value is -3.44. The number of pyridine rings is 1. The number of aromatic amines is 1. The van der Waals surface area contributed by atoms with Crippen LogP contribution >= 0.6 is 15.9 Å². The van der Waals surface area contributed by atoms with Crippen molar-refractivity contribution in [2.45, 2.75) is 38.3 Å². The Kier molecular flexibility index (Phi) is 7.94. The Bertz CT molecular complexity index is 1400. The minimum Gasteiger partial charge on any atom is -0.478 e. The number of carbonyl (C=O) groups is 1. The van der Waals surface area contributed by atoms with Crippen LogP contribution in [0, 0.1) is 11.7 Å². The highest BCUT2D eigenvalue weighted by molar-refractivity contribution is 9.10. The van der Waals surface area contributed by atoms with E-state index in [1.165, 1.54) is 67.1 Å². The summed E-state index contributed by atoms with van der Waals surface area (Å²) in [7, 11) is 0. The van der Waals surface area contributed by atoms with Crippen molar-refractivity contribution in [3.8, 4) is 0 Å². The van der Waals surface area contributed by atoms with Gasteiger partial charge in [0.25, 0.3) is 0 Å². The first-order valence-corrected chi connectivity index (χ1v) is 13.6. The molecule has 0 bridgehead atoms. The molecule has 0 amide bonds. The van der Waals surface area contributed by atoms with Crippen molar-refractivity contribution in [3.05, 3.63) is 70.5 Å². The van der Waals surface area contributed by atoms with Crippen LogP contribution in [0.25, 0.3) is 11.0 Å². The van der Waals surface area contributed by atoms with E-state index in [9.17, 15) is 9.18 Å². The fourth-order valence-corrected chi connectivity index (χ4v) is 5.28. The monoisotopic (exact) mass is 583 g/mol. The second-order valence-electron chi connectivity index (χ2n) is 9.92. The molecule has 2 aliphatic rings. The minimum atomic E-state index is -1.01. The van der Waals surface area contributed by atoms with Crippen LogP contribution in [0.15, 0.2) is 53.5 Å². The molecule has 1 atom stereocenters. The molecule has 2 fully saturated rings. The molecule has 1 saturated carbocycles. The van der Waals surface area contributed by atoms with E-state index in [1.54, 1.807) is 12.1 Å². The van der Waals surface area contributed by atoms with E-state index >= 15 is 0 Å². The molecule has 9 nitrogen and oxygen atoms in total. The number of hydrogen-bond acceptors (Lipinski definition) is 6. The van der Waals surface area contributed by atoms with Crippen LogP contribution in [0.1, 0.15) is 41.6 Å². The number of nitrogens with two attached hydrogens (primary N) is 1. The Morgan fingerprint density at radius 2 is 2.03 bits per heavy atom. The summed E-state index contributed by atoms with van der Waals surface area (Å²) in [4.78, 5) is 20.6. The molecule has 1 saturated heterocycles. The van der Waals surface area contributed by atoms with E-state index in [0.717, 1.165) is 45.8 Å². The highest BCUT2D eigenvalue weighted by Gasteiger charge is 2.27. The average molecular weight is 584 g/mol. The van der Waals surface area contributed by atoms with Gasteiger partial charge in [0.05, 0.1) is 39.5 Å². The summed E-state index contributed by atoms with van der Waals surface area (Å²) in [5.41, 5.74) is 9.98. The Balaban J connectivity index is 0.000000163. The topological polar surface area (TPSA) is 125 Å². The number of nitrogen functional groups attached to an aromatic ring is 1. The van der Waals surface area contributed by atoms with Crippen LogP contribution in [0.5, 0.6) is 0 Å². The number of aromatic nitrogens is 4. The molecule has 4 aromatic rings. The fraction of sp³-hybridized carbons (Fsp3) is 0.370. The number of anilines is 2. The first kappa shape index (κ1) is 26.2. The summed E-state index contributed by atoms with van der Waals surface area (Å²) in [5, 5.41) is 17.4. The van der Waals surface area contributed by atoms with E-state index in [-0.39, 0.29) is 11.4 Å². The molecule has 1 aliphatic carbocycles. The first-order chi connectivity index (χ1) is 18.4. The first-order valence-electron chi connectivity index (χ1n) is 12.8. The Labute approximate surface area is 228 Å². The zero-order valence-corrected chi connectivity index (χ0v) is 22.5. The van der Waals surface area contributed by atoms with Gasteiger partial charge in [0, 0.05) is 37.7 Å². The van der Waals surface area contributed by atoms with Crippen LogP contribution in [-0.2, 0) is 6.54 Å². The van der Waals surface area contributed by atoms with Crippen LogP contribution in [0.3, 0.4) is 0 Å². The van der Waals surface area contributed by atoms with Gasteiger partial charge in [-0.3, -0.25) is 4.68 Å². The zero-order valence-electron chi connectivity index (χ0n) is 20.9. The average Bonchev–Trinajstić information content (AvgIpc) is 3.50. The Morgan fingerprint density at radius 1 is 1.24 bits per heavy atom. The molecule has 3 aromatic heterocycles. The number of hydrogen-bond donors (Lipinski definition) is 4. The molecule has 0 unspecified atom stereocenters. The third-order valence-electron chi connectivity index (χ3n) is 6.93. The van der Waals surface area contributed by atoms with Gasteiger partial charge in [-0.25, -0.2) is 14.2 Å². The van der Waals surface area contributed by atoms with Crippen molar-refractivity contribution >= 4 is 44.3 Å². The lowest BCUT2D eigenvalue weighted by Gasteiger charge is -2.36. The number of H-pyrrole nitrogens is 1. The lowest BCUT2D eigenvalue weighted by atomic mass is 10.0. The number of fused-ring (bicyclic) bond motifs is 1. The van der Waals surface area contributed by atoms with Gasteiger partial charge in [-0.2, -0.15) is 5.10 Å². The van der Waals surface area contributed by atoms with Gasteiger partial charge in [0.15, 0.2) is 0 Å². The summed E-state index contributed by atoms with van der Waals surface area (Å²) in [5.74, 6) is -0.379. The largest absolute Gasteiger partial charge is 0.478 e. The number of nitrogens with zero attached hydrogens (tertiary/aromatic N) is 4. The predicted molar refractivity (Wildman–Crippen MR) is 149 cm³/mol. The minimum absolute atomic E-state index is 0.141. The van der Waals surface area contributed by atoms with Crippen molar-refractivity contribution in [2.75, 3.05) is 30.3 Å². The van der Waals surface area contributed by atoms with Gasteiger partial charge >= 0.3 is 5.97 Å². The zero-order chi connectivity index (χ0) is 26.6. The summed E-state index contributed by atoms with van der Waals surface area (Å²) in [6.07, 6.45) is 11.7. The number of carboxylic acid groups (broad SMARTS) is 1. The number of benzene rings is 1. The molecule has 1 aromatic carbocycles. The van der Waals surface area contributed by atoms with Crippen molar-refractivity contribution in [2.24, 2.45) is 5.92 Å². The van der Waals surface area contributed by atoms with Crippen LogP contribution in [-0.4, -0.2) is 56.5 Å². The third kappa shape index (κ3) is 6.33. The molecule has 5 N–H and O–H groups in total. The number of halogens is 2. The van der Waals surface area contributed by atoms with Gasteiger partial charge in [-0.1, -0.05) is 12.1 Å². The van der Waals surface area contributed by atoms with E-state index in [2.05, 4.69) is 41.2 Å². The van der Waals surface area contributed by atoms with E-state index in [4.69, 9.17) is 10.8 Å². The number of rotatable bonds is 7. The van der Waals surface area contributed by atoms with E-state index in [1.807, 2.05) is 12.4 Å². The fourth-order valence-electron chi connectivity index (χ4n) is 4.73. The summed E-state index contributed by atoms with van der Waals surface area (Å²) in [6, 6.07) is 6.56. The van der Waals surface area contributed by atoms with Gasteiger partial charge in [-0.15, -0.1) is 0 Å². The van der Waals surface area contributed by atoms with Gasteiger partial charge in [-0.05, 0) is 71.8 Å². The molecular weight excluding hydrogens is 553 g/mol. The smallest absolute Gasteiger partial charge is 0.338 e. The van der Waals surface area contributed by atoms with Crippen LogP contribution < -0.4 is 16.0 Å². The highest BCUT2D eigenvalue weighted by atomic mass is 79.9. The number of aromatic carboxylic acids is 1. The summed E-state index contributed by atoms with van der Waals surface area (Å²) in [6.45, 7) is 3.71. The van der Waals surface area contributed by atoms with Gasteiger partial charge in [0.2, 0.25) is 0 Å². The van der Waals surface area contributed by atoms with Crippen LogP contribution in [0.2, 0.25) is 0 Å². The lowest BCUT2D eigenvalue weighted by Crippen LogP contribution is -2.46. The summed E-state index contributed by atoms with van der Waals surface area (Å²) >= 11 is 3.67. The quantitative estimate of drug-likeness (QED) is 0.249. The second-order valence-corrected chi connectivity index (χ2v) is 10.8. The highest BCUT2D eigenvalue weighted by Crippen LogP contribution is 2.38. The SMILES string of the molecule is Nc1c[nH]c2ncc(Br)c(N3CCC[C@@H](NCC4CC4)C3)c12.O=C(O)c1cnn(Cc2ccc(F)cc2)c1. The third-order valence-corrected chi connectivity index (χ3v) is 7.51. The van der Waals surface area contributed by atoms with Crippen LogP contribution in [0.4, 0.5) is 15.8 Å². The maximum atomic E-state index is 12.6. The molecule has 1 aliphatic heterocycles. The molecule has 6 rings (SSSR count). The normalized spacial score (nSPS) is 17.3. The molecule has 38 heavy (non-hydrogen) atoms. The summed E-state index contributed by atoms with van der Waals surface area (Å²) < 4.78 is 15.2. The molecule has 4 heterocycles. The molecule has 200 valence electrons. The second kappa shape index (κ2) is 11.5. The number of nitrogens with one attached hydrogen (secondary N) is 2. The molecular formula is C27H31BrFN7O2. The van der Waals surface area contributed by atoms with Gasteiger partial charge in [0.1, 0.15) is 11.5 Å². The van der Waals surface area contributed by atoms with Crippen molar-refractivity contribution in [3.63, 3.8) is 0 Å². The van der Waals surface area contributed by atoms with E-state index in [0.29, 0.717) is 12.6 Å². The van der Waals surface area contributed by atoms with Crippen molar-refractivity contribution in [1.29, 1.82) is 0 Å². The van der Waals surface area contributed by atoms with Crippen molar-refractivity contribution < 1.29 is 14.3 Å².